The summed E-state index contributed by atoms with van der Waals surface area (Å²) in [6, 6.07) is 14.1. The summed E-state index contributed by atoms with van der Waals surface area (Å²) < 4.78 is 2.18. The number of halogens is 1. The van der Waals surface area contributed by atoms with Crippen molar-refractivity contribution < 1.29 is 0 Å². The third-order valence-electron chi connectivity index (χ3n) is 4.05. The fourth-order valence-electron chi connectivity index (χ4n) is 2.91. The Morgan fingerprint density at radius 1 is 1.00 bits per heavy atom. The molecule has 0 atom stereocenters. The molecule has 5 heteroatoms. The molecule has 4 nitrogen and oxygen atoms in total. The van der Waals surface area contributed by atoms with Gasteiger partial charge in [-0.15, -0.1) is 0 Å². The molecule has 0 saturated carbocycles. The third kappa shape index (κ3) is 2.45. The minimum Gasteiger partial charge on any atom is -0.355 e. The monoisotopic (exact) mass is 312 g/mol. The highest BCUT2D eigenvalue weighted by molar-refractivity contribution is 6.30. The van der Waals surface area contributed by atoms with Crippen molar-refractivity contribution in [2.75, 3.05) is 31.1 Å². The lowest BCUT2D eigenvalue weighted by Gasteiger charge is -2.29. The SMILES string of the molecule is Clc1ccc(-c2cn3c(N4CCNCC4)cccc3n2)cc1. The Kier molecular flexibility index (Phi) is 3.48. The number of hydrogen-bond donors (Lipinski definition) is 1. The number of benzene rings is 1. The number of nitrogens with zero attached hydrogens (tertiary/aromatic N) is 3. The predicted octanol–water partition coefficient (Wildman–Crippen LogP) is 3.06. The van der Waals surface area contributed by atoms with E-state index in [9.17, 15) is 0 Å². The fourth-order valence-corrected chi connectivity index (χ4v) is 3.03. The molecule has 0 spiro atoms. The second kappa shape index (κ2) is 5.63. The molecule has 0 bridgehead atoms. The van der Waals surface area contributed by atoms with E-state index in [4.69, 9.17) is 16.6 Å². The first-order valence-corrected chi connectivity index (χ1v) is 7.89. The molecule has 112 valence electrons. The maximum absolute atomic E-state index is 5.97. The largest absolute Gasteiger partial charge is 0.355 e. The number of fused-ring (bicyclic) bond motifs is 1. The van der Waals surface area contributed by atoms with Crippen LogP contribution in [-0.2, 0) is 0 Å². The molecule has 1 aromatic carbocycles. The van der Waals surface area contributed by atoms with Crippen LogP contribution in [0.3, 0.4) is 0 Å². The van der Waals surface area contributed by atoms with Crippen molar-refractivity contribution in [2.45, 2.75) is 0 Å². The Labute approximate surface area is 134 Å². The van der Waals surface area contributed by atoms with Gasteiger partial charge >= 0.3 is 0 Å². The lowest BCUT2D eigenvalue weighted by molar-refractivity contribution is 0.583. The summed E-state index contributed by atoms with van der Waals surface area (Å²) in [5, 5.41) is 4.13. The number of hydrogen-bond acceptors (Lipinski definition) is 3. The summed E-state index contributed by atoms with van der Waals surface area (Å²) in [4.78, 5) is 7.15. The van der Waals surface area contributed by atoms with Crippen LogP contribution < -0.4 is 10.2 Å². The minimum absolute atomic E-state index is 0.744. The third-order valence-corrected chi connectivity index (χ3v) is 4.30. The highest BCUT2D eigenvalue weighted by atomic mass is 35.5. The standard InChI is InChI=1S/C17H17ClN4/c18-14-6-4-13(5-7-14)15-12-22-16(20-15)2-1-3-17(22)21-10-8-19-9-11-21/h1-7,12,19H,8-11H2. The summed E-state index contributed by atoms with van der Waals surface area (Å²) >= 11 is 5.97. The van der Waals surface area contributed by atoms with Gasteiger partial charge in [-0.05, 0) is 24.3 Å². The normalized spacial score (nSPS) is 15.4. The Balaban J connectivity index is 1.78. The zero-order valence-corrected chi connectivity index (χ0v) is 12.9. The van der Waals surface area contributed by atoms with Crippen molar-refractivity contribution in [3.05, 3.63) is 53.7 Å². The van der Waals surface area contributed by atoms with Gasteiger partial charge < -0.3 is 10.2 Å². The van der Waals surface area contributed by atoms with E-state index in [1.54, 1.807) is 0 Å². The molecule has 22 heavy (non-hydrogen) atoms. The van der Waals surface area contributed by atoms with Crippen molar-refractivity contribution in [3.63, 3.8) is 0 Å². The van der Waals surface area contributed by atoms with E-state index in [0.29, 0.717) is 0 Å². The number of imidazole rings is 1. The summed E-state index contributed by atoms with van der Waals surface area (Å²) in [6.45, 7) is 4.09. The summed E-state index contributed by atoms with van der Waals surface area (Å²) in [5.74, 6) is 1.20. The number of aromatic nitrogens is 2. The summed E-state index contributed by atoms with van der Waals surface area (Å²) in [7, 11) is 0. The van der Waals surface area contributed by atoms with Crippen molar-refractivity contribution in [3.8, 4) is 11.3 Å². The Hall–Kier alpha value is -2.04. The molecule has 1 N–H and O–H groups in total. The van der Waals surface area contributed by atoms with Crippen LogP contribution in [0.15, 0.2) is 48.7 Å². The lowest BCUT2D eigenvalue weighted by Crippen LogP contribution is -2.44. The van der Waals surface area contributed by atoms with Gasteiger partial charge in [0, 0.05) is 43.0 Å². The van der Waals surface area contributed by atoms with Crippen LogP contribution in [-0.4, -0.2) is 35.6 Å². The first kappa shape index (κ1) is 13.6. The van der Waals surface area contributed by atoms with Crippen molar-refractivity contribution in [2.24, 2.45) is 0 Å². The van der Waals surface area contributed by atoms with E-state index in [1.165, 1.54) is 5.82 Å². The van der Waals surface area contributed by atoms with Gasteiger partial charge in [-0.2, -0.15) is 0 Å². The molecule has 0 aliphatic carbocycles. The van der Waals surface area contributed by atoms with E-state index in [-0.39, 0.29) is 0 Å². The van der Waals surface area contributed by atoms with E-state index in [1.807, 2.05) is 30.3 Å². The molecule has 3 heterocycles. The van der Waals surface area contributed by atoms with Crippen molar-refractivity contribution in [1.29, 1.82) is 0 Å². The first-order valence-electron chi connectivity index (χ1n) is 7.51. The predicted molar refractivity (Wildman–Crippen MR) is 90.7 cm³/mol. The van der Waals surface area contributed by atoms with Gasteiger partial charge in [0.25, 0.3) is 0 Å². The molecular weight excluding hydrogens is 296 g/mol. The Bertz CT molecular complexity index is 788. The zero-order chi connectivity index (χ0) is 14.9. The van der Waals surface area contributed by atoms with Gasteiger partial charge in [-0.3, -0.25) is 4.40 Å². The quantitative estimate of drug-likeness (QED) is 0.789. The first-order chi connectivity index (χ1) is 10.8. The molecule has 1 fully saturated rings. The maximum atomic E-state index is 5.97. The molecule has 0 amide bonds. The second-order valence-corrected chi connectivity index (χ2v) is 5.92. The minimum atomic E-state index is 0.744. The average Bonchev–Trinajstić information content (AvgIpc) is 3.00. The van der Waals surface area contributed by atoms with Gasteiger partial charge in [0.2, 0.25) is 0 Å². The van der Waals surface area contributed by atoms with Crippen LogP contribution in [0, 0.1) is 0 Å². The number of rotatable bonds is 2. The highest BCUT2D eigenvalue weighted by Crippen LogP contribution is 2.24. The summed E-state index contributed by atoms with van der Waals surface area (Å²) in [6.07, 6.45) is 2.11. The van der Waals surface area contributed by atoms with Crippen molar-refractivity contribution in [1.82, 2.24) is 14.7 Å². The molecule has 1 saturated heterocycles. The topological polar surface area (TPSA) is 32.6 Å². The van der Waals surface area contributed by atoms with Crippen molar-refractivity contribution >= 4 is 23.1 Å². The van der Waals surface area contributed by atoms with E-state index in [2.05, 4.69) is 32.9 Å². The Morgan fingerprint density at radius 3 is 2.55 bits per heavy atom. The van der Waals surface area contributed by atoms with E-state index in [0.717, 1.165) is 48.1 Å². The maximum Gasteiger partial charge on any atom is 0.139 e. The molecule has 1 aliphatic heterocycles. The van der Waals surface area contributed by atoms with Gasteiger partial charge in [-0.1, -0.05) is 29.8 Å². The van der Waals surface area contributed by atoms with Crippen LogP contribution in [0.4, 0.5) is 5.82 Å². The lowest BCUT2D eigenvalue weighted by atomic mass is 10.2. The number of anilines is 1. The van der Waals surface area contributed by atoms with E-state index < -0.39 is 0 Å². The summed E-state index contributed by atoms with van der Waals surface area (Å²) in [5.41, 5.74) is 3.03. The fraction of sp³-hybridized carbons (Fsp3) is 0.235. The number of nitrogens with one attached hydrogen (secondary N) is 1. The number of pyridine rings is 1. The zero-order valence-electron chi connectivity index (χ0n) is 12.2. The molecule has 3 aromatic rings. The van der Waals surface area contributed by atoms with Crippen LogP contribution in [0.1, 0.15) is 0 Å². The molecule has 1 aliphatic rings. The Morgan fingerprint density at radius 2 is 1.77 bits per heavy atom. The van der Waals surface area contributed by atoms with Gasteiger partial charge in [0.1, 0.15) is 11.5 Å². The highest BCUT2D eigenvalue weighted by Gasteiger charge is 2.14. The van der Waals surface area contributed by atoms with Crippen LogP contribution in [0.2, 0.25) is 5.02 Å². The van der Waals surface area contributed by atoms with E-state index >= 15 is 0 Å². The van der Waals surface area contributed by atoms with Gasteiger partial charge in [0.15, 0.2) is 0 Å². The average molecular weight is 313 g/mol. The van der Waals surface area contributed by atoms with Crippen LogP contribution in [0.5, 0.6) is 0 Å². The molecule has 0 radical (unpaired) electrons. The van der Waals surface area contributed by atoms with Gasteiger partial charge in [-0.25, -0.2) is 4.98 Å². The molecule has 0 unspecified atom stereocenters. The second-order valence-electron chi connectivity index (χ2n) is 5.48. The van der Waals surface area contributed by atoms with Crippen LogP contribution in [0.25, 0.3) is 16.9 Å². The smallest absolute Gasteiger partial charge is 0.139 e. The molecular formula is C17H17ClN4. The van der Waals surface area contributed by atoms with Gasteiger partial charge in [0.05, 0.1) is 5.69 Å². The number of piperazine rings is 1. The molecule has 4 rings (SSSR count). The molecule has 2 aromatic heterocycles. The van der Waals surface area contributed by atoms with Crippen LogP contribution >= 0.6 is 11.6 Å².